The highest BCUT2D eigenvalue weighted by atomic mass is 32.2. The Morgan fingerprint density at radius 1 is 1.12 bits per heavy atom. The summed E-state index contributed by atoms with van der Waals surface area (Å²) in [6.45, 7) is 1.76. The first kappa shape index (κ1) is 16.3. The van der Waals surface area contributed by atoms with Crippen LogP contribution in [-0.2, 0) is 0 Å². The Morgan fingerprint density at radius 2 is 1.79 bits per heavy atom. The number of benzene rings is 2. The van der Waals surface area contributed by atoms with Crippen LogP contribution in [0.2, 0.25) is 0 Å². The highest BCUT2D eigenvalue weighted by Crippen LogP contribution is 2.25. The van der Waals surface area contributed by atoms with Crippen LogP contribution in [0.5, 0.6) is 0 Å². The van der Waals surface area contributed by atoms with Gasteiger partial charge in [0.2, 0.25) is 5.16 Å². The number of H-pyrrole nitrogens is 1. The minimum absolute atomic E-state index is 0.0382. The summed E-state index contributed by atoms with van der Waals surface area (Å²) < 4.78 is 26.5. The van der Waals surface area contributed by atoms with Gasteiger partial charge in [0.05, 0.1) is 5.25 Å². The lowest BCUT2D eigenvalue weighted by atomic mass is 10.1. The van der Waals surface area contributed by atoms with Gasteiger partial charge >= 0.3 is 0 Å². The summed E-state index contributed by atoms with van der Waals surface area (Å²) in [6.07, 6.45) is 0. The number of carbonyl (C=O) groups excluding carboxylic acids is 1. The van der Waals surface area contributed by atoms with Gasteiger partial charge in [-0.2, -0.15) is 0 Å². The molecule has 0 bridgehead atoms. The van der Waals surface area contributed by atoms with E-state index in [1.165, 1.54) is 11.8 Å². The Morgan fingerprint density at radius 3 is 2.46 bits per heavy atom. The largest absolute Gasteiger partial charge is 0.293 e. The Labute approximate surface area is 141 Å². The maximum Gasteiger partial charge on any atom is 0.209 e. The van der Waals surface area contributed by atoms with E-state index in [1.807, 2.05) is 6.07 Å². The standard InChI is InChI=1S/C17H13F2N3OS/c1-10(15(23)11-5-3-2-4-6-11)24-17-20-16(21-22-17)12-7-13(18)9-14(19)8-12/h2-10H,1H3,(H,20,21,22). The quantitative estimate of drug-likeness (QED) is 0.558. The molecular formula is C17H13F2N3OS. The Kier molecular flexibility index (Phi) is 4.71. The average Bonchev–Trinajstić information content (AvgIpc) is 3.02. The highest BCUT2D eigenvalue weighted by molar-refractivity contribution is 8.00. The molecule has 0 aliphatic heterocycles. The molecule has 0 spiro atoms. The number of Topliss-reactive ketones (excluding diaryl/α,β-unsaturated/α-hetero) is 1. The van der Waals surface area contributed by atoms with E-state index in [2.05, 4.69) is 15.2 Å². The normalized spacial score (nSPS) is 12.1. The number of halogens is 2. The van der Waals surface area contributed by atoms with Crippen molar-refractivity contribution in [3.8, 4) is 11.4 Å². The van der Waals surface area contributed by atoms with Gasteiger partial charge in [0.15, 0.2) is 11.6 Å². The van der Waals surface area contributed by atoms with E-state index in [1.54, 1.807) is 31.2 Å². The number of rotatable bonds is 5. The number of nitrogens with zero attached hydrogens (tertiary/aromatic N) is 2. The second-order valence-electron chi connectivity index (χ2n) is 5.12. The van der Waals surface area contributed by atoms with E-state index in [9.17, 15) is 13.6 Å². The number of aromatic nitrogens is 3. The molecule has 1 atom stereocenters. The Bertz CT molecular complexity index is 847. The van der Waals surface area contributed by atoms with Crippen LogP contribution in [0.4, 0.5) is 8.78 Å². The molecule has 0 saturated heterocycles. The molecule has 1 N–H and O–H groups in total. The number of ketones is 1. The number of nitrogens with one attached hydrogen (secondary N) is 1. The summed E-state index contributed by atoms with van der Waals surface area (Å²) >= 11 is 1.18. The lowest BCUT2D eigenvalue weighted by Crippen LogP contribution is -2.13. The van der Waals surface area contributed by atoms with Gasteiger partial charge < -0.3 is 0 Å². The molecule has 3 rings (SSSR count). The van der Waals surface area contributed by atoms with Crippen molar-refractivity contribution in [3.05, 3.63) is 65.7 Å². The summed E-state index contributed by atoms with van der Waals surface area (Å²) in [7, 11) is 0. The number of aromatic amines is 1. The first-order chi connectivity index (χ1) is 11.5. The zero-order valence-corrected chi connectivity index (χ0v) is 13.5. The average molecular weight is 345 g/mol. The van der Waals surface area contributed by atoms with Crippen molar-refractivity contribution in [2.75, 3.05) is 0 Å². The topological polar surface area (TPSA) is 58.6 Å². The van der Waals surface area contributed by atoms with Crippen molar-refractivity contribution in [2.24, 2.45) is 0 Å². The monoisotopic (exact) mass is 345 g/mol. The molecule has 0 fully saturated rings. The number of thioether (sulfide) groups is 1. The van der Waals surface area contributed by atoms with Crippen LogP contribution in [0.1, 0.15) is 17.3 Å². The van der Waals surface area contributed by atoms with Gasteiger partial charge in [0.1, 0.15) is 11.6 Å². The molecule has 0 aliphatic carbocycles. The van der Waals surface area contributed by atoms with Crippen LogP contribution < -0.4 is 0 Å². The molecule has 2 aromatic carbocycles. The molecule has 4 nitrogen and oxygen atoms in total. The summed E-state index contributed by atoms with van der Waals surface area (Å²) in [5.74, 6) is -1.18. The highest BCUT2D eigenvalue weighted by Gasteiger charge is 2.19. The van der Waals surface area contributed by atoms with Crippen LogP contribution >= 0.6 is 11.8 Å². The van der Waals surface area contributed by atoms with Crippen LogP contribution in [0.15, 0.2) is 53.7 Å². The van der Waals surface area contributed by atoms with Crippen LogP contribution in [0, 0.1) is 11.6 Å². The molecule has 24 heavy (non-hydrogen) atoms. The third-order valence-electron chi connectivity index (χ3n) is 3.31. The molecule has 1 unspecified atom stereocenters. The van der Waals surface area contributed by atoms with Gasteiger partial charge in [-0.1, -0.05) is 42.1 Å². The van der Waals surface area contributed by atoms with Gasteiger partial charge in [-0.25, -0.2) is 13.8 Å². The first-order valence-electron chi connectivity index (χ1n) is 7.18. The predicted octanol–water partition coefficient (Wildman–Crippen LogP) is 4.11. The molecular weight excluding hydrogens is 332 g/mol. The van der Waals surface area contributed by atoms with Crippen molar-refractivity contribution >= 4 is 17.5 Å². The maximum atomic E-state index is 13.3. The van der Waals surface area contributed by atoms with E-state index in [4.69, 9.17) is 0 Å². The van der Waals surface area contributed by atoms with Crippen molar-refractivity contribution in [2.45, 2.75) is 17.3 Å². The van der Waals surface area contributed by atoms with E-state index in [0.29, 0.717) is 10.7 Å². The summed E-state index contributed by atoms with van der Waals surface area (Å²) in [4.78, 5) is 16.5. The van der Waals surface area contributed by atoms with E-state index >= 15 is 0 Å². The van der Waals surface area contributed by atoms with Crippen molar-refractivity contribution < 1.29 is 13.6 Å². The maximum absolute atomic E-state index is 13.3. The Balaban J connectivity index is 1.75. The van der Waals surface area contributed by atoms with Gasteiger partial charge in [-0.3, -0.25) is 9.89 Å². The fraction of sp³-hybridized carbons (Fsp3) is 0.118. The van der Waals surface area contributed by atoms with Gasteiger partial charge in [-0.05, 0) is 19.1 Å². The summed E-state index contributed by atoms with van der Waals surface area (Å²) in [5, 5.41) is 6.58. The van der Waals surface area contributed by atoms with Crippen molar-refractivity contribution in [3.63, 3.8) is 0 Å². The van der Waals surface area contributed by atoms with Gasteiger partial charge in [-0.15, -0.1) is 5.10 Å². The summed E-state index contributed by atoms with van der Waals surface area (Å²) in [5.41, 5.74) is 0.870. The van der Waals surface area contributed by atoms with Crippen molar-refractivity contribution in [1.29, 1.82) is 0 Å². The zero-order chi connectivity index (χ0) is 17.1. The van der Waals surface area contributed by atoms with Crippen LogP contribution in [0.3, 0.4) is 0 Å². The molecule has 0 saturated carbocycles. The molecule has 0 amide bonds. The van der Waals surface area contributed by atoms with Crippen molar-refractivity contribution in [1.82, 2.24) is 15.2 Å². The molecule has 0 aliphatic rings. The summed E-state index contributed by atoms with van der Waals surface area (Å²) in [6, 6.07) is 12.1. The van der Waals surface area contributed by atoms with Crippen LogP contribution in [-0.4, -0.2) is 26.2 Å². The fourth-order valence-corrected chi connectivity index (χ4v) is 2.97. The molecule has 122 valence electrons. The minimum atomic E-state index is -0.691. The number of carbonyl (C=O) groups is 1. The molecule has 1 heterocycles. The van der Waals surface area contributed by atoms with E-state index in [0.717, 1.165) is 18.2 Å². The fourth-order valence-electron chi connectivity index (χ4n) is 2.17. The third kappa shape index (κ3) is 3.68. The van der Waals surface area contributed by atoms with Crippen LogP contribution in [0.25, 0.3) is 11.4 Å². The Hall–Kier alpha value is -2.54. The lowest BCUT2D eigenvalue weighted by molar-refractivity contribution is 0.0994. The molecule has 0 radical (unpaired) electrons. The lowest BCUT2D eigenvalue weighted by Gasteiger charge is -2.07. The third-order valence-corrected chi connectivity index (χ3v) is 4.27. The van der Waals surface area contributed by atoms with E-state index < -0.39 is 11.6 Å². The first-order valence-corrected chi connectivity index (χ1v) is 8.05. The smallest absolute Gasteiger partial charge is 0.209 e. The molecule has 7 heteroatoms. The minimum Gasteiger partial charge on any atom is -0.293 e. The zero-order valence-electron chi connectivity index (χ0n) is 12.7. The van der Waals surface area contributed by atoms with Gasteiger partial charge in [0.25, 0.3) is 0 Å². The number of hydrogen-bond acceptors (Lipinski definition) is 4. The van der Waals surface area contributed by atoms with E-state index in [-0.39, 0.29) is 22.4 Å². The molecule has 1 aromatic heterocycles. The number of hydrogen-bond donors (Lipinski definition) is 1. The second-order valence-corrected chi connectivity index (χ2v) is 6.42. The van der Waals surface area contributed by atoms with Gasteiger partial charge in [0, 0.05) is 17.2 Å². The molecule has 3 aromatic rings. The SMILES string of the molecule is CC(Sc1n[nH]c(-c2cc(F)cc(F)c2)n1)C(=O)c1ccccc1. The predicted molar refractivity (Wildman–Crippen MR) is 87.8 cm³/mol. The second kappa shape index (κ2) is 6.92.